The lowest BCUT2D eigenvalue weighted by molar-refractivity contribution is -0.167. The summed E-state index contributed by atoms with van der Waals surface area (Å²) in [5.74, 6) is -2.03. The van der Waals surface area contributed by atoms with Gasteiger partial charge in [0.2, 0.25) is 0 Å². The Labute approximate surface area is 151 Å². The van der Waals surface area contributed by atoms with E-state index in [4.69, 9.17) is 9.47 Å². The molecular formula is C21H20O5. The molecule has 134 valence electrons. The van der Waals surface area contributed by atoms with Crippen molar-refractivity contribution in [2.45, 2.75) is 25.7 Å². The second-order valence-electron chi connectivity index (χ2n) is 7.15. The molecule has 0 aromatic heterocycles. The van der Waals surface area contributed by atoms with Gasteiger partial charge in [-0.15, -0.1) is 0 Å². The van der Waals surface area contributed by atoms with E-state index < -0.39 is 23.8 Å². The molecule has 26 heavy (non-hydrogen) atoms. The van der Waals surface area contributed by atoms with Crippen molar-refractivity contribution in [3.63, 3.8) is 0 Å². The first-order valence-corrected chi connectivity index (χ1v) is 8.62. The third-order valence-corrected chi connectivity index (χ3v) is 5.57. The van der Waals surface area contributed by atoms with Gasteiger partial charge in [0.15, 0.2) is 0 Å². The Hall–Kier alpha value is -2.82. The number of rotatable bonds is 2. The molecule has 2 aromatic carbocycles. The van der Waals surface area contributed by atoms with Gasteiger partial charge in [0.1, 0.15) is 11.5 Å². The first-order chi connectivity index (χ1) is 12.4. The summed E-state index contributed by atoms with van der Waals surface area (Å²) < 4.78 is 10.4. The fourth-order valence-corrected chi connectivity index (χ4v) is 4.38. The second-order valence-corrected chi connectivity index (χ2v) is 7.15. The van der Waals surface area contributed by atoms with E-state index in [9.17, 15) is 14.7 Å². The summed E-state index contributed by atoms with van der Waals surface area (Å²) in [4.78, 5) is 25.0. The van der Waals surface area contributed by atoms with E-state index in [0.717, 1.165) is 16.7 Å². The van der Waals surface area contributed by atoms with E-state index in [1.165, 1.54) is 7.11 Å². The van der Waals surface area contributed by atoms with Crippen LogP contribution >= 0.6 is 0 Å². The zero-order valence-electron chi connectivity index (χ0n) is 14.9. The van der Waals surface area contributed by atoms with Gasteiger partial charge in [-0.3, -0.25) is 9.59 Å². The highest BCUT2D eigenvalue weighted by atomic mass is 16.5. The fourth-order valence-electron chi connectivity index (χ4n) is 4.38. The van der Waals surface area contributed by atoms with Gasteiger partial charge in [-0.05, 0) is 37.1 Å². The van der Waals surface area contributed by atoms with Crippen molar-refractivity contribution in [1.29, 1.82) is 0 Å². The van der Waals surface area contributed by atoms with Crippen LogP contribution in [0.4, 0.5) is 0 Å². The van der Waals surface area contributed by atoms with Crippen molar-refractivity contribution < 1.29 is 24.2 Å². The summed E-state index contributed by atoms with van der Waals surface area (Å²) in [6.07, 6.45) is 0. The van der Waals surface area contributed by atoms with E-state index >= 15 is 0 Å². The SMILES string of the molecule is COC(=O)[C@H]1[C@H]2C(=O)Oc3ccc(C)cc3[C@H]2[C@H]1c1cc(C)ccc1O. The van der Waals surface area contributed by atoms with E-state index in [1.54, 1.807) is 12.1 Å². The van der Waals surface area contributed by atoms with Gasteiger partial charge >= 0.3 is 11.9 Å². The summed E-state index contributed by atoms with van der Waals surface area (Å²) in [5.41, 5.74) is 3.60. The lowest BCUT2D eigenvalue weighted by Gasteiger charge is -2.51. The van der Waals surface area contributed by atoms with Gasteiger partial charge in [-0.25, -0.2) is 0 Å². The maximum absolute atomic E-state index is 12.6. The Kier molecular flexibility index (Phi) is 3.75. The molecule has 0 saturated heterocycles. The number of benzene rings is 2. The molecule has 0 bridgehead atoms. The van der Waals surface area contributed by atoms with Gasteiger partial charge in [-0.2, -0.15) is 0 Å². The van der Waals surface area contributed by atoms with E-state index in [0.29, 0.717) is 11.3 Å². The van der Waals surface area contributed by atoms with Crippen molar-refractivity contribution in [2.24, 2.45) is 11.8 Å². The third-order valence-electron chi connectivity index (χ3n) is 5.57. The number of aromatic hydroxyl groups is 1. The van der Waals surface area contributed by atoms with Gasteiger partial charge in [-0.1, -0.05) is 35.4 Å². The van der Waals surface area contributed by atoms with Gasteiger partial charge in [0.05, 0.1) is 18.9 Å². The van der Waals surface area contributed by atoms with Crippen molar-refractivity contribution in [1.82, 2.24) is 0 Å². The van der Waals surface area contributed by atoms with Crippen LogP contribution in [0.15, 0.2) is 36.4 Å². The Balaban J connectivity index is 1.89. The minimum Gasteiger partial charge on any atom is -0.508 e. The summed E-state index contributed by atoms with van der Waals surface area (Å²) in [7, 11) is 1.31. The van der Waals surface area contributed by atoms with E-state index in [1.807, 2.05) is 38.1 Å². The molecule has 1 aliphatic heterocycles. The van der Waals surface area contributed by atoms with Crippen LogP contribution in [0.1, 0.15) is 34.1 Å². The molecule has 1 heterocycles. The average Bonchev–Trinajstić information content (AvgIpc) is 2.58. The predicted molar refractivity (Wildman–Crippen MR) is 94.1 cm³/mol. The zero-order chi connectivity index (χ0) is 18.6. The summed E-state index contributed by atoms with van der Waals surface area (Å²) in [6.45, 7) is 3.90. The topological polar surface area (TPSA) is 72.8 Å². The molecule has 1 fully saturated rings. The van der Waals surface area contributed by atoms with Crippen molar-refractivity contribution in [2.75, 3.05) is 7.11 Å². The smallest absolute Gasteiger partial charge is 0.315 e. The Morgan fingerprint density at radius 1 is 1.00 bits per heavy atom. The Morgan fingerprint density at radius 3 is 2.35 bits per heavy atom. The molecule has 5 nitrogen and oxygen atoms in total. The maximum Gasteiger partial charge on any atom is 0.315 e. The summed E-state index contributed by atoms with van der Waals surface area (Å²) >= 11 is 0. The summed E-state index contributed by atoms with van der Waals surface area (Å²) in [5, 5.41) is 10.4. The summed E-state index contributed by atoms with van der Waals surface area (Å²) in [6, 6.07) is 11.0. The van der Waals surface area contributed by atoms with Crippen LogP contribution < -0.4 is 4.74 Å². The van der Waals surface area contributed by atoms with Crippen molar-refractivity contribution in [3.8, 4) is 11.5 Å². The minimum absolute atomic E-state index is 0.126. The highest BCUT2D eigenvalue weighted by Gasteiger charge is 2.62. The second kappa shape index (κ2) is 5.87. The van der Waals surface area contributed by atoms with Crippen LogP contribution in [0.25, 0.3) is 0 Å². The number of aryl methyl sites for hydroxylation is 2. The number of methoxy groups -OCH3 is 1. The number of carbonyl (C=O) groups excluding carboxylic acids is 2. The average molecular weight is 352 g/mol. The van der Waals surface area contributed by atoms with Crippen LogP contribution in [0, 0.1) is 25.7 Å². The molecule has 4 rings (SSSR count). The number of hydrogen-bond acceptors (Lipinski definition) is 5. The Bertz CT molecular complexity index is 917. The normalized spacial score (nSPS) is 26.2. The van der Waals surface area contributed by atoms with E-state index in [2.05, 4.69) is 0 Å². The molecule has 0 radical (unpaired) electrons. The molecule has 1 N–H and O–H groups in total. The molecular weight excluding hydrogens is 332 g/mol. The first kappa shape index (κ1) is 16.6. The van der Waals surface area contributed by atoms with Crippen LogP contribution in [0.3, 0.4) is 0 Å². The molecule has 2 aliphatic rings. The number of ether oxygens (including phenoxy) is 2. The lowest BCUT2D eigenvalue weighted by atomic mass is 9.51. The molecule has 0 unspecified atom stereocenters. The maximum atomic E-state index is 12.6. The largest absolute Gasteiger partial charge is 0.508 e. The van der Waals surface area contributed by atoms with Gasteiger partial charge in [0.25, 0.3) is 0 Å². The predicted octanol–water partition coefficient (Wildman–Crippen LogP) is 3.21. The van der Waals surface area contributed by atoms with Crippen LogP contribution in [0.2, 0.25) is 0 Å². The first-order valence-electron chi connectivity index (χ1n) is 8.62. The van der Waals surface area contributed by atoms with Crippen LogP contribution in [0.5, 0.6) is 11.5 Å². The standard InChI is InChI=1S/C21H20O5/c1-10-4-6-14(22)12(8-10)16-17-13-9-11(2)5-7-15(13)26-21(24)19(17)18(16)20(23)25-3/h4-9,16-19,22H,1-3H3/t16-,17+,18-,19+/m1/s1. The zero-order valence-corrected chi connectivity index (χ0v) is 14.9. The molecule has 5 heteroatoms. The highest BCUT2D eigenvalue weighted by molar-refractivity contribution is 5.90. The molecule has 0 amide bonds. The monoisotopic (exact) mass is 352 g/mol. The van der Waals surface area contributed by atoms with Crippen molar-refractivity contribution >= 4 is 11.9 Å². The van der Waals surface area contributed by atoms with Crippen LogP contribution in [-0.2, 0) is 14.3 Å². The van der Waals surface area contributed by atoms with Gasteiger partial charge in [0, 0.05) is 11.8 Å². The number of phenolic OH excluding ortho intramolecular Hbond substituents is 1. The van der Waals surface area contributed by atoms with E-state index in [-0.39, 0.29) is 17.6 Å². The molecule has 1 saturated carbocycles. The molecule has 4 atom stereocenters. The molecule has 0 spiro atoms. The number of fused-ring (bicyclic) bond motifs is 3. The van der Waals surface area contributed by atoms with Gasteiger partial charge < -0.3 is 14.6 Å². The number of hydrogen-bond donors (Lipinski definition) is 1. The minimum atomic E-state index is -0.668. The number of esters is 2. The van der Waals surface area contributed by atoms with Crippen LogP contribution in [-0.4, -0.2) is 24.2 Å². The van der Waals surface area contributed by atoms with Crippen molar-refractivity contribution in [3.05, 3.63) is 58.7 Å². The molecule has 2 aromatic rings. The molecule has 1 aliphatic carbocycles. The highest BCUT2D eigenvalue weighted by Crippen LogP contribution is 2.63. The lowest BCUT2D eigenvalue weighted by Crippen LogP contribution is -2.54. The fraction of sp³-hybridized carbons (Fsp3) is 0.333. The number of phenols is 1. The number of carbonyl (C=O) groups is 2. The Morgan fingerprint density at radius 2 is 1.65 bits per heavy atom. The quantitative estimate of drug-likeness (QED) is 0.664. The third kappa shape index (κ3) is 2.30.